The molecule has 0 spiro atoms. The van der Waals surface area contributed by atoms with E-state index in [1.165, 1.54) is 12.4 Å². The Morgan fingerprint density at radius 1 is 1.05 bits per heavy atom. The van der Waals surface area contributed by atoms with Crippen LogP contribution in [0, 0.1) is 19.7 Å². The minimum atomic E-state index is -0.575. The van der Waals surface area contributed by atoms with Gasteiger partial charge < -0.3 is 20.1 Å². The first-order chi connectivity index (χ1) is 18.9. The number of ether oxygens (including phenoxy) is 2. The molecule has 0 aliphatic carbocycles. The maximum absolute atomic E-state index is 14.1. The second kappa shape index (κ2) is 11.0. The first-order valence-electron chi connectivity index (χ1n) is 12.7. The number of benzene rings is 3. The number of carbonyl (C=O) groups is 1. The third-order valence-electron chi connectivity index (χ3n) is 6.59. The first kappa shape index (κ1) is 26.0. The number of nitrogens with one attached hydrogen (secondary N) is 2. The lowest BCUT2D eigenvalue weighted by atomic mass is 9.94. The Morgan fingerprint density at radius 2 is 1.87 bits per heavy atom. The van der Waals surface area contributed by atoms with Crippen molar-refractivity contribution in [1.82, 2.24) is 14.8 Å². The van der Waals surface area contributed by atoms with Crippen molar-refractivity contribution in [2.75, 3.05) is 17.2 Å². The molecular formula is C30H30FN5O3. The van der Waals surface area contributed by atoms with E-state index in [4.69, 9.17) is 9.47 Å². The number of amides is 1. The number of aryl methyl sites for hydroxylation is 2. The lowest BCUT2D eigenvalue weighted by Gasteiger charge is -2.29. The van der Waals surface area contributed by atoms with Gasteiger partial charge in [-0.05, 0) is 63.1 Å². The van der Waals surface area contributed by atoms with Crippen LogP contribution in [0.15, 0.2) is 78.3 Å². The second-order valence-electron chi connectivity index (χ2n) is 9.39. The van der Waals surface area contributed by atoms with Gasteiger partial charge in [-0.2, -0.15) is 10.1 Å². The van der Waals surface area contributed by atoms with Gasteiger partial charge in [-0.25, -0.2) is 9.07 Å². The highest BCUT2D eigenvalue weighted by Gasteiger charge is 2.34. The average molecular weight is 528 g/mol. The van der Waals surface area contributed by atoms with Crippen molar-refractivity contribution in [3.8, 4) is 11.5 Å². The largest absolute Gasteiger partial charge is 0.490 e. The van der Waals surface area contributed by atoms with Gasteiger partial charge in [0, 0.05) is 16.9 Å². The van der Waals surface area contributed by atoms with Crippen LogP contribution in [-0.4, -0.2) is 27.3 Å². The van der Waals surface area contributed by atoms with E-state index in [1.807, 2.05) is 58.0 Å². The molecule has 1 aromatic heterocycles. The zero-order chi connectivity index (χ0) is 27.5. The maximum atomic E-state index is 14.1. The summed E-state index contributed by atoms with van der Waals surface area (Å²) in [6, 6.07) is 17.3. The molecule has 0 unspecified atom stereocenters. The third-order valence-corrected chi connectivity index (χ3v) is 6.59. The molecule has 4 aromatic rings. The summed E-state index contributed by atoms with van der Waals surface area (Å²) in [5, 5.41) is 10.7. The van der Waals surface area contributed by atoms with E-state index in [0.717, 1.165) is 22.4 Å². The standard InChI is InChI=1S/C30H30FN5O3/c1-5-38-26-15-21(11-13-25(26)39-16-22-8-6-7-9-23(22)31)28-27(20(4)34-30-32-17-33-36(28)30)29(37)35-24-12-10-18(2)14-19(24)3/h6-15,17,28H,5,16H2,1-4H3,(H,35,37)(H,32,33,34)/t28-/m0/s1. The minimum Gasteiger partial charge on any atom is -0.490 e. The molecule has 200 valence electrons. The van der Waals surface area contributed by atoms with Gasteiger partial charge in [-0.15, -0.1) is 0 Å². The fraction of sp³-hybridized carbons (Fsp3) is 0.233. The zero-order valence-corrected chi connectivity index (χ0v) is 22.3. The van der Waals surface area contributed by atoms with Crippen molar-refractivity contribution in [1.29, 1.82) is 0 Å². The van der Waals surface area contributed by atoms with Crippen molar-refractivity contribution in [3.05, 3.63) is 106 Å². The van der Waals surface area contributed by atoms with E-state index in [0.29, 0.717) is 40.9 Å². The first-order valence-corrected chi connectivity index (χ1v) is 12.7. The van der Waals surface area contributed by atoms with Crippen LogP contribution in [0.1, 0.15) is 42.1 Å². The average Bonchev–Trinajstić information content (AvgIpc) is 3.37. The molecule has 39 heavy (non-hydrogen) atoms. The van der Waals surface area contributed by atoms with Crippen molar-refractivity contribution in [2.24, 2.45) is 0 Å². The molecule has 1 atom stereocenters. The lowest BCUT2D eigenvalue weighted by Crippen LogP contribution is -2.31. The van der Waals surface area contributed by atoms with Gasteiger partial charge in [0.15, 0.2) is 11.5 Å². The number of fused-ring (bicyclic) bond motifs is 1. The van der Waals surface area contributed by atoms with Crippen LogP contribution in [-0.2, 0) is 11.4 Å². The number of aromatic nitrogens is 3. The van der Waals surface area contributed by atoms with E-state index < -0.39 is 6.04 Å². The van der Waals surface area contributed by atoms with E-state index in [-0.39, 0.29) is 18.3 Å². The molecule has 0 saturated carbocycles. The fourth-order valence-corrected chi connectivity index (χ4v) is 4.69. The van der Waals surface area contributed by atoms with Crippen molar-refractivity contribution < 1.29 is 18.7 Å². The van der Waals surface area contributed by atoms with E-state index in [9.17, 15) is 9.18 Å². The molecule has 0 bridgehead atoms. The molecule has 8 nitrogen and oxygen atoms in total. The molecule has 1 aliphatic rings. The molecule has 2 N–H and O–H groups in total. The number of nitrogens with zero attached hydrogens (tertiary/aromatic N) is 3. The van der Waals surface area contributed by atoms with Crippen LogP contribution in [0.5, 0.6) is 11.5 Å². The molecule has 5 rings (SSSR count). The summed E-state index contributed by atoms with van der Waals surface area (Å²) in [6.07, 6.45) is 1.45. The summed E-state index contributed by atoms with van der Waals surface area (Å²) in [7, 11) is 0. The third kappa shape index (κ3) is 5.34. The molecule has 0 fully saturated rings. The number of hydrogen-bond donors (Lipinski definition) is 2. The number of carbonyl (C=O) groups excluding carboxylic acids is 1. The molecule has 1 aliphatic heterocycles. The second-order valence-corrected chi connectivity index (χ2v) is 9.39. The van der Waals surface area contributed by atoms with Crippen LogP contribution in [0.4, 0.5) is 16.0 Å². The number of halogens is 1. The van der Waals surface area contributed by atoms with Crippen LogP contribution >= 0.6 is 0 Å². The van der Waals surface area contributed by atoms with E-state index in [1.54, 1.807) is 28.9 Å². The predicted octanol–water partition coefficient (Wildman–Crippen LogP) is 5.94. The quantitative estimate of drug-likeness (QED) is 0.295. The highest BCUT2D eigenvalue weighted by Crippen LogP contribution is 2.39. The van der Waals surface area contributed by atoms with E-state index >= 15 is 0 Å². The van der Waals surface area contributed by atoms with Gasteiger partial charge in [0.1, 0.15) is 24.8 Å². The maximum Gasteiger partial charge on any atom is 0.255 e. The van der Waals surface area contributed by atoms with Gasteiger partial charge in [-0.3, -0.25) is 4.79 Å². The summed E-state index contributed by atoms with van der Waals surface area (Å²) in [6.45, 7) is 8.14. The number of hydrogen-bond acceptors (Lipinski definition) is 6. The molecule has 0 radical (unpaired) electrons. The summed E-state index contributed by atoms with van der Waals surface area (Å²) >= 11 is 0. The van der Waals surface area contributed by atoms with Gasteiger partial charge in [-0.1, -0.05) is 42.0 Å². The van der Waals surface area contributed by atoms with Crippen LogP contribution < -0.4 is 20.1 Å². The van der Waals surface area contributed by atoms with Crippen LogP contribution in [0.25, 0.3) is 0 Å². The summed E-state index contributed by atoms with van der Waals surface area (Å²) in [5.41, 5.74) is 5.19. The number of rotatable bonds is 8. The Hall–Kier alpha value is -4.66. The number of anilines is 2. The molecule has 0 saturated heterocycles. The lowest BCUT2D eigenvalue weighted by molar-refractivity contribution is -0.113. The Balaban J connectivity index is 1.50. The normalized spacial score (nSPS) is 14.4. The monoisotopic (exact) mass is 527 g/mol. The Labute approximate surface area is 226 Å². The summed E-state index contributed by atoms with van der Waals surface area (Å²) < 4.78 is 27.7. The van der Waals surface area contributed by atoms with Crippen molar-refractivity contribution in [2.45, 2.75) is 40.3 Å². The topological polar surface area (TPSA) is 90.3 Å². The van der Waals surface area contributed by atoms with Gasteiger partial charge in [0.2, 0.25) is 5.95 Å². The smallest absolute Gasteiger partial charge is 0.255 e. The van der Waals surface area contributed by atoms with Crippen molar-refractivity contribution >= 4 is 17.5 Å². The van der Waals surface area contributed by atoms with Gasteiger partial charge >= 0.3 is 0 Å². The highest BCUT2D eigenvalue weighted by atomic mass is 19.1. The zero-order valence-electron chi connectivity index (χ0n) is 22.3. The molecule has 3 aromatic carbocycles. The van der Waals surface area contributed by atoms with E-state index in [2.05, 4.69) is 20.7 Å². The Kier molecular flexibility index (Phi) is 7.31. The molecule has 9 heteroatoms. The minimum absolute atomic E-state index is 0.0508. The van der Waals surface area contributed by atoms with Crippen LogP contribution in [0.2, 0.25) is 0 Å². The fourth-order valence-electron chi connectivity index (χ4n) is 4.69. The summed E-state index contributed by atoms with van der Waals surface area (Å²) in [5.74, 6) is 0.895. The molecular weight excluding hydrogens is 497 g/mol. The summed E-state index contributed by atoms with van der Waals surface area (Å²) in [4.78, 5) is 18.1. The predicted molar refractivity (Wildman–Crippen MR) is 147 cm³/mol. The molecule has 2 heterocycles. The SMILES string of the molecule is CCOc1cc([C@H]2C(C(=O)Nc3ccc(C)cc3C)=C(C)Nc3ncnn32)ccc1OCc1ccccc1F. The van der Waals surface area contributed by atoms with Gasteiger partial charge in [0.05, 0.1) is 12.2 Å². The highest BCUT2D eigenvalue weighted by molar-refractivity contribution is 6.06. The Morgan fingerprint density at radius 3 is 2.64 bits per heavy atom. The molecule has 1 amide bonds. The Bertz CT molecular complexity index is 1560. The number of allylic oxidation sites excluding steroid dienone is 1. The van der Waals surface area contributed by atoms with Gasteiger partial charge in [0.25, 0.3) is 5.91 Å². The van der Waals surface area contributed by atoms with Crippen molar-refractivity contribution in [3.63, 3.8) is 0 Å². The van der Waals surface area contributed by atoms with Crippen LogP contribution in [0.3, 0.4) is 0 Å².